The molecule has 0 spiro atoms. The van der Waals surface area contributed by atoms with Gasteiger partial charge in [0.25, 0.3) is 0 Å². The summed E-state index contributed by atoms with van der Waals surface area (Å²) in [5.74, 6) is 0.107. The Morgan fingerprint density at radius 3 is 3.00 bits per heavy atom. The molecule has 3 nitrogen and oxygen atoms in total. The Morgan fingerprint density at radius 1 is 1.50 bits per heavy atom. The zero-order valence-corrected chi connectivity index (χ0v) is 7.21. The minimum atomic E-state index is 0.107. The third-order valence-corrected chi connectivity index (χ3v) is 1.83. The first kappa shape index (κ1) is 7.43. The molecule has 2 rings (SSSR count). The van der Waals surface area contributed by atoms with Gasteiger partial charge in [0.15, 0.2) is 11.4 Å². The summed E-state index contributed by atoms with van der Waals surface area (Å²) in [4.78, 5) is 4.11. The molecule has 12 heavy (non-hydrogen) atoms. The predicted octanol–water partition coefficient (Wildman–Crippen LogP) is 2.00. The van der Waals surface area contributed by atoms with Crippen molar-refractivity contribution in [1.29, 1.82) is 0 Å². The molecule has 0 unspecified atom stereocenters. The highest BCUT2D eigenvalue weighted by Gasteiger charge is 2.03. The van der Waals surface area contributed by atoms with Gasteiger partial charge in [-0.2, -0.15) is 0 Å². The molecule has 2 aromatic rings. The second-order valence-electron chi connectivity index (χ2n) is 2.66. The highest BCUT2D eigenvalue weighted by atomic mass is 35.5. The van der Waals surface area contributed by atoms with Crippen LogP contribution in [0.1, 0.15) is 5.69 Å². The van der Waals surface area contributed by atoms with E-state index in [-0.39, 0.29) is 5.75 Å². The van der Waals surface area contributed by atoms with Crippen LogP contribution in [0.5, 0.6) is 5.75 Å². The molecule has 62 valence electrons. The number of hydrogen-bond acceptors (Lipinski definition) is 2. The molecule has 4 heteroatoms. The summed E-state index contributed by atoms with van der Waals surface area (Å²) in [5.41, 5.74) is 1.39. The van der Waals surface area contributed by atoms with Gasteiger partial charge in [0.1, 0.15) is 0 Å². The first-order valence-electron chi connectivity index (χ1n) is 3.50. The molecule has 0 aliphatic carbocycles. The topological polar surface area (TPSA) is 37.5 Å². The van der Waals surface area contributed by atoms with Crippen molar-refractivity contribution in [3.63, 3.8) is 0 Å². The van der Waals surface area contributed by atoms with Crippen molar-refractivity contribution in [2.24, 2.45) is 0 Å². The highest BCUT2D eigenvalue weighted by molar-refractivity contribution is 6.30. The summed E-state index contributed by atoms with van der Waals surface area (Å²) in [6, 6.07) is 1.48. The van der Waals surface area contributed by atoms with Crippen molar-refractivity contribution in [3.05, 3.63) is 29.2 Å². The van der Waals surface area contributed by atoms with Crippen LogP contribution in [0.3, 0.4) is 0 Å². The van der Waals surface area contributed by atoms with Gasteiger partial charge >= 0.3 is 0 Å². The monoisotopic (exact) mass is 182 g/mol. The predicted molar refractivity (Wildman–Crippen MR) is 46.6 cm³/mol. The molecule has 0 aliphatic heterocycles. The largest absolute Gasteiger partial charge is 0.504 e. The first-order chi connectivity index (χ1) is 5.66. The highest BCUT2D eigenvalue weighted by Crippen LogP contribution is 2.22. The van der Waals surface area contributed by atoms with Gasteiger partial charge in [0.05, 0.1) is 10.7 Å². The van der Waals surface area contributed by atoms with Gasteiger partial charge < -0.3 is 9.51 Å². The number of rotatable bonds is 0. The molecule has 0 radical (unpaired) electrons. The van der Waals surface area contributed by atoms with Crippen molar-refractivity contribution in [2.75, 3.05) is 0 Å². The third kappa shape index (κ3) is 1.02. The summed E-state index contributed by atoms with van der Waals surface area (Å²) < 4.78 is 1.70. The van der Waals surface area contributed by atoms with Crippen molar-refractivity contribution in [3.8, 4) is 5.75 Å². The number of fused-ring (bicyclic) bond motifs is 1. The fourth-order valence-corrected chi connectivity index (χ4v) is 1.38. The van der Waals surface area contributed by atoms with Crippen LogP contribution in [0, 0.1) is 6.92 Å². The number of imidazole rings is 1. The minimum absolute atomic E-state index is 0.107. The lowest BCUT2D eigenvalue weighted by molar-refractivity contribution is 0.477. The molecule has 0 saturated carbocycles. The molecule has 0 aromatic carbocycles. The van der Waals surface area contributed by atoms with E-state index >= 15 is 0 Å². The average Bonchev–Trinajstić information content (AvgIpc) is 2.29. The Balaban J connectivity index is 2.88. The van der Waals surface area contributed by atoms with Gasteiger partial charge in [-0.1, -0.05) is 11.6 Å². The van der Waals surface area contributed by atoms with E-state index in [0.717, 1.165) is 5.69 Å². The molecule has 0 atom stereocenters. The summed E-state index contributed by atoms with van der Waals surface area (Å²) >= 11 is 5.72. The maximum atomic E-state index is 9.40. The fourth-order valence-electron chi connectivity index (χ4n) is 1.17. The lowest BCUT2D eigenvalue weighted by Crippen LogP contribution is -1.82. The minimum Gasteiger partial charge on any atom is -0.504 e. The van der Waals surface area contributed by atoms with Crippen LogP contribution in [-0.2, 0) is 0 Å². The lowest BCUT2D eigenvalue weighted by Gasteiger charge is -1.96. The Kier molecular flexibility index (Phi) is 1.48. The average molecular weight is 183 g/mol. The number of hydrogen-bond donors (Lipinski definition) is 1. The standard InChI is InChI=1S/C8H7ClN2O/c1-5-3-11-4-6(9)2-7(12)8(11)10-5/h2-4,12H,1H3. The molecule has 0 amide bonds. The van der Waals surface area contributed by atoms with E-state index in [4.69, 9.17) is 11.6 Å². The van der Waals surface area contributed by atoms with Crippen LogP contribution in [0.25, 0.3) is 5.65 Å². The molecule has 1 N–H and O–H groups in total. The second kappa shape index (κ2) is 2.38. The van der Waals surface area contributed by atoms with Crippen molar-refractivity contribution in [1.82, 2.24) is 9.38 Å². The van der Waals surface area contributed by atoms with Crippen LogP contribution < -0.4 is 0 Å². The van der Waals surface area contributed by atoms with Gasteiger partial charge in [-0.05, 0) is 6.92 Å². The second-order valence-corrected chi connectivity index (χ2v) is 3.09. The molecule has 0 bridgehead atoms. The van der Waals surface area contributed by atoms with Gasteiger partial charge in [-0.3, -0.25) is 0 Å². The van der Waals surface area contributed by atoms with E-state index in [1.807, 2.05) is 6.92 Å². The maximum Gasteiger partial charge on any atom is 0.179 e. The SMILES string of the molecule is Cc1cn2cc(Cl)cc(O)c2n1. The molecule has 2 heterocycles. The smallest absolute Gasteiger partial charge is 0.179 e. The number of aromatic hydroxyl groups is 1. The Labute approximate surface area is 74.2 Å². The molecule has 2 aromatic heterocycles. The summed E-state index contributed by atoms with van der Waals surface area (Å²) in [5, 5.41) is 9.90. The van der Waals surface area contributed by atoms with Crippen LogP contribution in [0.2, 0.25) is 5.02 Å². The van der Waals surface area contributed by atoms with Gasteiger partial charge in [0.2, 0.25) is 0 Å². The molecule has 0 aliphatic rings. The van der Waals surface area contributed by atoms with Crippen molar-refractivity contribution >= 4 is 17.2 Å². The van der Waals surface area contributed by atoms with E-state index in [9.17, 15) is 5.11 Å². The number of aryl methyl sites for hydroxylation is 1. The molecular formula is C8H7ClN2O. The molecular weight excluding hydrogens is 176 g/mol. The van der Waals surface area contributed by atoms with E-state index in [0.29, 0.717) is 10.7 Å². The van der Waals surface area contributed by atoms with Crippen molar-refractivity contribution in [2.45, 2.75) is 6.92 Å². The fraction of sp³-hybridized carbons (Fsp3) is 0.125. The third-order valence-electron chi connectivity index (χ3n) is 1.62. The number of nitrogens with zero attached hydrogens (tertiary/aromatic N) is 2. The lowest BCUT2D eigenvalue weighted by atomic mass is 10.4. The maximum absolute atomic E-state index is 9.40. The molecule has 0 saturated heterocycles. The summed E-state index contributed by atoms with van der Waals surface area (Å²) in [6.07, 6.45) is 3.51. The molecule has 0 fully saturated rings. The summed E-state index contributed by atoms with van der Waals surface area (Å²) in [7, 11) is 0. The van der Waals surface area contributed by atoms with Crippen LogP contribution >= 0.6 is 11.6 Å². The summed E-state index contributed by atoms with van der Waals surface area (Å²) in [6.45, 7) is 1.86. The van der Waals surface area contributed by atoms with E-state index in [1.54, 1.807) is 16.8 Å². The van der Waals surface area contributed by atoms with Gasteiger partial charge in [-0.15, -0.1) is 0 Å². The Hall–Kier alpha value is -1.22. The Morgan fingerprint density at radius 2 is 2.25 bits per heavy atom. The quantitative estimate of drug-likeness (QED) is 0.677. The Bertz CT molecular complexity index is 436. The zero-order chi connectivity index (χ0) is 8.72. The first-order valence-corrected chi connectivity index (χ1v) is 3.88. The normalized spacial score (nSPS) is 10.8. The number of aromatic nitrogens is 2. The van der Waals surface area contributed by atoms with Crippen LogP contribution in [0.4, 0.5) is 0 Å². The van der Waals surface area contributed by atoms with Gasteiger partial charge in [-0.25, -0.2) is 4.98 Å². The number of halogens is 1. The number of pyridine rings is 1. The van der Waals surface area contributed by atoms with Crippen molar-refractivity contribution < 1.29 is 5.11 Å². The van der Waals surface area contributed by atoms with E-state index < -0.39 is 0 Å². The van der Waals surface area contributed by atoms with E-state index in [2.05, 4.69) is 4.98 Å². The van der Waals surface area contributed by atoms with Crippen LogP contribution in [0.15, 0.2) is 18.5 Å². The van der Waals surface area contributed by atoms with E-state index in [1.165, 1.54) is 6.07 Å². The van der Waals surface area contributed by atoms with Crippen LogP contribution in [-0.4, -0.2) is 14.5 Å². The zero-order valence-electron chi connectivity index (χ0n) is 6.45. The van der Waals surface area contributed by atoms with Gasteiger partial charge in [0, 0.05) is 18.5 Å².